The molecule has 2 aromatic rings. The molecule has 4 rings (SSSR count). The molecule has 0 spiro atoms. The van der Waals surface area contributed by atoms with E-state index in [1.807, 2.05) is 19.1 Å². The highest BCUT2D eigenvalue weighted by atomic mass is 16.3. The van der Waals surface area contributed by atoms with E-state index in [0.717, 1.165) is 24.4 Å². The number of phenols is 1. The summed E-state index contributed by atoms with van der Waals surface area (Å²) >= 11 is 0. The highest BCUT2D eigenvalue weighted by Crippen LogP contribution is 2.59. The molecule has 0 aliphatic heterocycles. The summed E-state index contributed by atoms with van der Waals surface area (Å²) in [7, 11) is 2.18. The minimum atomic E-state index is -0.0746. The van der Waals surface area contributed by atoms with Crippen molar-refractivity contribution in [3.05, 3.63) is 65.2 Å². The van der Waals surface area contributed by atoms with Gasteiger partial charge in [0.15, 0.2) is 0 Å². The SMILES string of the molecule is Cc1cc(C[C@@H](CNC(=O)[C@@H]2[C@H](C)[C@]2(C)c2ccccc2)N(C)CC2CC2)ccc1O. The summed E-state index contributed by atoms with van der Waals surface area (Å²) in [5.41, 5.74) is 3.28. The molecular weight excluding hydrogens is 384 g/mol. The summed E-state index contributed by atoms with van der Waals surface area (Å²) in [6.45, 7) is 8.07. The lowest BCUT2D eigenvalue weighted by Crippen LogP contribution is -2.45. The second-order valence-corrected chi connectivity index (χ2v) is 10.0. The predicted octanol–water partition coefficient (Wildman–Crippen LogP) is 4.29. The van der Waals surface area contributed by atoms with Gasteiger partial charge >= 0.3 is 0 Å². The first-order valence-electron chi connectivity index (χ1n) is 11.6. The molecule has 0 unspecified atom stereocenters. The predicted molar refractivity (Wildman–Crippen MR) is 125 cm³/mol. The standard InChI is InChI=1S/C27H36N2O2/c1-18-14-21(12-13-24(18)30)15-23(29(4)17-20-10-11-20)16-28-26(31)25-19(2)27(25,3)22-8-6-5-7-9-22/h5-9,12-14,19-20,23,25,30H,10-11,15-17H2,1-4H3,(H,28,31)/t19-,23-,25-,27+/m0/s1. The van der Waals surface area contributed by atoms with Crippen LogP contribution in [-0.2, 0) is 16.6 Å². The molecule has 0 radical (unpaired) electrons. The smallest absolute Gasteiger partial charge is 0.224 e. The Kier molecular flexibility index (Phi) is 6.11. The number of likely N-dealkylation sites (N-methyl/N-ethyl adjacent to an activating group) is 1. The molecule has 4 nitrogen and oxygen atoms in total. The fourth-order valence-electron chi connectivity index (χ4n) is 5.15. The maximum absolute atomic E-state index is 13.2. The largest absolute Gasteiger partial charge is 0.508 e. The van der Waals surface area contributed by atoms with Gasteiger partial charge in [0.1, 0.15) is 5.75 Å². The number of rotatable bonds is 9. The molecule has 1 amide bonds. The van der Waals surface area contributed by atoms with Gasteiger partial charge in [-0.2, -0.15) is 0 Å². The van der Waals surface area contributed by atoms with Crippen molar-refractivity contribution in [1.82, 2.24) is 10.2 Å². The minimum absolute atomic E-state index is 0.0280. The molecule has 2 saturated carbocycles. The fourth-order valence-corrected chi connectivity index (χ4v) is 5.15. The van der Waals surface area contributed by atoms with Crippen LogP contribution < -0.4 is 5.32 Å². The Bertz CT molecular complexity index is 924. The van der Waals surface area contributed by atoms with Crippen LogP contribution in [0.2, 0.25) is 0 Å². The van der Waals surface area contributed by atoms with Gasteiger partial charge in [0, 0.05) is 24.5 Å². The second-order valence-electron chi connectivity index (χ2n) is 10.0. The van der Waals surface area contributed by atoms with Crippen molar-refractivity contribution in [3.8, 4) is 5.75 Å². The van der Waals surface area contributed by atoms with Gasteiger partial charge in [0.05, 0.1) is 5.92 Å². The molecule has 2 aliphatic carbocycles. The Morgan fingerprint density at radius 1 is 1.23 bits per heavy atom. The number of nitrogens with zero attached hydrogens (tertiary/aromatic N) is 1. The topological polar surface area (TPSA) is 52.6 Å². The van der Waals surface area contributed by atoms with E-state index in [4.69, 9.17) is 0 Å². The number of carbonyl (C=O) groups excluding carboxylic acids is 1. The third kappa shape index (κ3) is 4.64. The van der Waals surface area contributed by atoms with Crippen LogP contribution in [0.15, 0.2) is 48.5 Å². The lowest BCUT2D eigenvalue weighted by atomic mass is 9.94. The summed E-state index contributed by atoms with van der Waals surface area (Å²) in [4.78, 5) is 15.6. The van der Waals surface area contributed by atoms with E-state index >= 15 is 0 Å². The quantitative estimate of drug-likeness (QED) is 0.636. The van der Waals surface area contributed by atoms with Crippen LogP contribution in [0.3, 0.4) is 0 Å². The van der Waals surface area contributed by atoms with Gasteiger partial charge in [-0.05, 0) is 67.8 Å². The molecule has 2 N–H and O–H groups in total. The molecule has 4 heteroatoms. The highest BCUT2D eigenvalue weighted by molar-refractivity contribution is 5.85. The molecule has 0 bridgehead atoms. The van der Waals surface area contributed by atoms with Gasteiger partial charge < -0.3 is 15.3 Å². The molecule has 166 valence electrons. The van der Waals surface area contributed by atoms with Crippen LogP contribution in [0, 0.1) is 24.7 Å². The summed E-state index contributed by atoms with van der Waals surface area (Å²) in [5.74, 6) is 1.68. The van der Waals surface area contributed by atoms with Crippen molar-refractivity contribution in [1.29, 1.82) is 0 Å². The summed E-state index contributed by atoms with van der Waals surface area (Å²) in [6.07, 6.45) is 3.49. The third-order valence-corrected chi connectivity index (χ3v) is 7.77. The van der Waals surface area contributed by atoms with Crippen LogP contribution in [0.1, 0.15) is 43.4 Å². The number of amides is 1. The van der Waals surface area contributed by atoms with Gasteiger partial charge in [-0.3, -0.25) is 4.79 Å². The third-order valence-electron chi connectivity index (χ3n) is 7.77. The van der Waals surface area contributed by atoms with Crippen molar-refractivity contribution in [2.75, 3.05) is 20.1 Å². The van der Waals surface area contributed by atoms with Crippen LogP contribution >= 0.6 is 0 Å². The Labute approximate surface area is 186 Å². The maximum atomic E-state index is 13.2. The first-order valence-corrected chi connectivity index (χ1v) is 11.6. The summed E-state index contributed by atoms with van der Waals surface area (Å²) in [6, 6.07) is 16.5. The number of benzene rings is 2. The number of aromatic hydroxyl groups is 1. The van der Waals surface area contributed by atoms with Crippen molar-refractivity contribution in [2.24, 2.45) is 17.8 Å². The number of carbonyl (C=O) groups is 1. The van der Waals surface area contributed by atoms with Gasteiger partial charge in [0.25, 0.3) is 0 Å². The highest BCUT2D eigenvalue weighted by Gasteiger charge is 2.62. The monoisotopic (exact) mass is 420 g/mol. The zero-order valence-corrected chi connectivity index (χ0v) is 19.3. The van der Waals surface area contributed by atoms with Crippen LogP contribution in [0.5, 0.6) is 5.75 Å². The molecule has 2 aliphatic rings. The molecule has 0 heterocycles. The van der Waals surface area contributed by atoms with Crippen molar-refractivity contribution >= 4 is 5.91 Å². The van der Waals surface area contributed by atoms with Crippen LogP contribution in [-0.4, -0.2) is 42.1 Å². The second kappa shape index (κ2) is 8.66. The van der Waals surface area contributed by atoms with E-state index < -0.39 is 0 Å². The van der Waals surface area contributed by atoms with Gasteiger partial charge in [-0.25, -0.2) is 0 Å². The van der Waals surface area contributed by atoms with E-state index in [1.54, 1.807) is 6.07 Å². The lowest BCUT2D eigenvalue weighted by molar-refractivity contribution is -0.123. The average molecular weight is 421 g/mol. The van der Waals surface area contributed by atoms with Crippen LogP contribution in [0.4, 0.5) is 0 Å². The van der Waals surface area contributed by atoms with E-state index in [-0.39, 0.29) is 23.3 Å². The Morgan fingerprint density at radius 2 is 1.94 bits per heavy atom. The first-order chi connectivity index (χ1) is 14.8. The van der Waals surface area contributed by atoms with Crippen LogP contribution in [0.25, 0.3) is 0 Å². The first kappa shape index (κ1) is 21.9. The Hall–Kier alpha value is -2.33. The Morgan fingerprint density at radius 3 is 2.58 bits per heavy atom. The number of aryl methyl sites for hydroxylation is 1. The summed E-state index contributed by atoms with van der Waals surface area (Å²) in [5, 5.41) is 13.1. The fraction of sp³-hybridized carbons (Fsp3) is 0.519. The molecule has 31 heavy (non-hydrogen) atoms. The zero-order valence-electron chi connectivity index (χ0n) is 19.3. The zero-order chi connectivity index (χ0) is 22.2. The van der Waals surface area contributed by atoms with Gasteiger partial charge in [-0.15, -0.1) is 0 Å². The Balaban J connectivity index is 1.42. The lowest BCUT2D eigenvalue weighted by Gasteiger charge is -2.29. The molecule has 0 saturated heterocycles. The summed E-state index contributed by atoms with van der Waals surface area (Å²) < 4.78 is 0. The number of hydrogen-bond acceptors (Lipinski definition) is 3. The van der Waals surface area contributed by atoms with Crippen molar-refractivity contribution in [2.45, 2.75) is 51.5 Å². The van der Waals surface area contributed by atoms with Crippen molar-refractivity contribution < 1.29 is 9.90 Å². The normalized spacial score (nSPS) is 26.0. The van der Waals surface area contributed by atoms with E-state index in [9.17, 15) is 9.90 Å². The van der Waals surface area contributed by atoms with Crippen molar-refractivity contribution in [3.63, 3.8) is 0 Å². The van der Waals surface area contributed by atoms with E-state index in [2.05, 4.69) is 61.4 Å². The molecule has 2 aromatic carbocycles. The molecular formula is C27H36N2O2. The molecule has 4 atom stereocenters. The maximum Gasteiger partial charge on any atom is 0.224 e. The number of hydrogen-bond donors (Lipinski definition) is 2. The number of nitrogens with one attached hydrogen (secondary N) is 1. The van der Waals surface area contributed by atoms with E-state index in [1.165, 1.54) is 24.0 Å². The molecule has 2 fully saturated rings. The number of phenolic OH excluding ortho intramolecular Hbond substituents is 1. The van der Waals surface area contributed by atoms with E-state index in [0.29, 0.717) is 18.2 Å². The van der Waals surface area contributed by atoms with Gasteiger partial charge in [0.2, 0.25) is 5.91 Å². The van der Waals surface area contributed by atoms with Gasteiger partial charge in [-0.1, -0.05) is 56.3 Å². The molecule has 0 aromatic heterocycles. The average Bonchev–Trinajstić information content (AvgIpc) is 3.67. The minimum Gasteiger partial charge on any atom is -0.508 e.